The topological polar surface area (TPSA) is 0 Å². The standard InChI is InChI=1S/C11H18F2/c1-3-5-6-7-8-9-10-11(12,13)4-2/h4,9-10H,2-3,5-8H2,1H3/b10-9-. The van der Waals surface area contributed by atoms with E-state index in [1.54, 1.807) is 0 Å². The first-order valence-electron chi connectivity index (χ1n) is 4.81. The van der Waals surface area contributed by atoms with Crippen LogP contribution in [-0.2, 0) is 0 Å². The van der Waals surface area contributed by atoms with Crippen LogP contribution in [0.25, 0.3) is 0 Å². The van der Waals surface area contributed by atoms with E-state index in [-0.39, 0.29) is 0 Å². The smallest absolute Gasteiger partial charge is 0.197 e. The minimum Gasteiger partial charge on any atom is -0.197 e. The number of halogens is 2. The zero-order valence-electron chi connectivity index (χ0n) is 8.23. The lowest BCUT2D eigenvalue weighted by Gasteiger charge is -2.03. The van der Waals surface area contributed by atoms with Gasteiger partial charge in [-0.1, -0.05) is 38.8 Å². The molecule has 0 radical (unpaired) electrons. The fraction of sp³-hybridized carbons (Fsp3) is 0.636. The molecule has 0 unspecified atom stereocenters. The highest BCUT2D eigenvalue weighted by Crippen LogP contribution is 2.16. The average Bonchev–Trinajstić information content (AvgIpc) is 2.11. The van der Waals surface area contributed by atoms with E-state index in [1.807, 2.05) is 0 Å². The quantitative estimate of drug-likeness (QED) is 0.412. The maximum Gasteiger partial charge on any atom is 0.284 e. The van der Waals surface area contributed by atoms with Crippen LogP contribution >= 0.6 is 0 Å². The number of unbranched alkanes of at least 4 members (excludes halogenated alkanes) is 4. The van der Waals surface area contributed by atoms with E-state index >= 15 is 0 Å². The second kappa shape index (κ2) is 6.81. The van der Waals surface area contributed by atoms with Gasteiger partial charge in [0.25, 0.3) is 5.92 Å². The summed E-state index contributed by atoms with van der Waals surface area (Å²) < 4.78 is 25.0. The highest BCUT2D eigenvalue weighted by molar-refractivity contribution is 5.04. The number of rotatable bonds is 7. The molecule has 0 amide bonds. The predicted molar refractivity (Wildman–Crippen MR) is 53.0 cm³/mol. The Labute approximate surface area is 79.3 Å². The number of alkyl halides is 2. The summed E-state index contributed by atoms with van der Waals surface area (Å²) in [6.45, 7) is 5.19. The molecule has 0 aliphatic heterocycles. The van der Waals surface area contributed by atoms with Crippen molar-refractivity contribution in [3.8, 4) is 0 Å². The van der Waals surface area contributed by atoms with Crippen molar-refractivity contribution in [1.29, 1.82) is 0 Å². The Hall–Kier alpha value is -0.660. The third kappa shape index (κ3) is 7.69. The summed E-state index contributed by atoms with van der Waals surface area (Å²) in [5.74, 6) is -2.83. The second-order valence-electron chi connectivity index (χ2n) is 3.13. The summed E-state index contributed by atoms with van der Waals surface area (Å²) in [6.07, 6.45) is 8.35. The maximum absolute atomic E-state index is 12.5. The summed E-state index contributed by atoms with van der Waals surface area (Å²) in [5.41, 5.74) is 0. The maximum atomic E-state index is 12.5. The molecule has 76 valence electrons. The Kier molecular flexibility index (Phi) is 6.47. The van der Waals surface area contributed by atoms with E-state index in [9.17, 15) is 8.78 Å². The third-order valence-electron chi connectivity index (χ3n) is 1.84. The van der Waals surface area contributed by atoms with Gasteiger partial charge in [0, 0.05) is 0 Å². The van der Waals surface area contributed by atoms with Crippen LogP contribution in [-0.4, -0.2) is 5.92 Å². The van der Waals surface area contributed by atoms with E-state index in [2.05, 4.69) is 13.5 Å². The molecule has 0 atom stereocenters. The molecule has 0 saturated heterocycles. The van der Waals surface area contributed by atoms with Crippen molar-refractivity contribution in [1.82, 2.24) is 0 Å². The first kappa shape index (κ1) is 12.3. The van der Waals surface area contributed by atoms with Crippen molar-refractivity contribution in [2.45, 2.75) is 45.0 Å². The molecule has 0 spiro atoms. The summed E-state index contributed by atoms with van der Waals surface area (Å²) >= 11 is 0. The monoisotopic (exact) mass is 188 g/mol. The van der Waals surface area contributed by atoms with Gasteiger partial charge >= 0.3 is 0 Å². The molecule has 0 aromatic rings. The molecule has 0 nitrogen and oxygen atoms in total. The van der Waals surface area contributed by atoms with Gasteiger partial charge in [0.15, 0.2) is 0 Å². The van der Waals surface area contributed by atoms with Gasteiger partial charge in [0.1, 0.15) is 0 Å². The fourth-order valence-electron chi connectivity index (χ4n) is 0.997. The zero-order valence-corrected chi connectivity index (χ0v) is 8.23. The first-order valence-corrected chi connectivity index (χ1v) is 4.81. The number of allylic oxidation sites excluding steroid dienone is 3. The normalized spacial score (nSPS) is 12.2. The Morgan fingerprint density at radius 2 is 1.92 bits per heavy atom. The average molecular weight is 188 g/mol. The van der Waals surface area contributed by atoms with E-state index < -0.39 is 5.92 Å². The molecule has 0 heterocycles. The molecule has 0 N–H and O–H groups in total. The molecule has 0 bridgehead atoms. The second-order valence-corrected chi connectivity index (χ2v) is 3.13. The lowest BCUT2D eigenvalue weighted by Crippen LogP contribution is -2.05. The van der Waals surface area contributed by atoms with Crippen molar-refractivity contribution < 1.29 is 8.78 Å². The van der Waals surface area contributed by atoms with Gasteiger partial charge in [-0.05, 0) is 25.0 Å². The van der Waals surface area contributed by atoms with Crippen LogP contribution in [0, 0.1) is 0 Å². The highest BCUT2D eigenvalue weighted by Gasteiger charge is 2.17. The van der Waals surface area contributed by atoms with Gasteiger partial charge < -0.3 is 0 Å². The van der Waals surface area contributed by atoms with E-state index in [0.29, 0.717) is 6.08 Å². The van der Waals surface area contributed by atoms with Gasteiger partial charge in [-0.2, -0.15) is 8.78 Å². The van der Waals surface area contributed by atoms with Crippen LogP contribution in [0.4, 0.5) is 8.78 Å². The Balaban J connectivity index is 3.46. The molecular weight excluding hydrogens is 170 g/mol. The van der Waals surface area contributed by atoms with Crippen molar-refractivity contribution in [3.05, 3.63) is 24.8 Å². The molecule has 0 aliphatic carbocycles. The van der Waals surface area contributed by atoms with Crippen molar-refractivity contribution >= 4 is 0 Å². The largest absolute Gasteiger partial charge is 0.284 e. The minimum atomic E-state index is -2.83. The van der Waals surface area contributed by atoms with E-state index in [4.69, 9.17) is 0 Å². The first-order chi connectivity index (χ1) is 6.12. The lowest BCUT2D eigenvalue weighted by molar-refractivity contribution is 0.111. The Morgan fingerprint density at radius 3 is 2.46 bits per heavy atom. The van der Waals surface area contributed by atoms with Crippen molar-refractivity contribution in [2.24, 2.45) is 0 Å². The van der Waals surface area contributed by atoms with Crippen LogP contribution in [0.5, 0.6) is 0 Å². The van der Waals surface area contributed by atoms with Gasteiger partial charge in [-0.15, -0.1) is 0 Å². The molecule has 0 fully saturated rings. The van der Waals surface area contributed by atoms with Crippen molar-refractivity contribution in [2.75, 3.05) is 0 Å². The lowest BCUT2D eigenvalue weighted by atomic mass is 10.1. The van der Waals surface area contributed by atoms with Crippen LogP contribution in [0.3, 0.4) is 0 Å². The summed E-state index contributed by atoms with van der Waals surface area (Å²) in [7, 11) is 0. The number of hydrogen-bond donors (Lipinski definition) is 0. The molecular formula is C11H18F2. The molecule has 0 saturated carbocycles. The van der Waals surface area contributed by atoms with Gasteiger partial charge in [0.2, 0.25) is 0 Å². The molecule has 0 aromatic heterocycles. The third-order valence-corrected chi connectivity index (χ3v) is 1.84. The van der Waals surface area contributed by atoms with E-state index in [1.165, 1.54) is 18.9 Å². The molecule has 2 heteroatoms. The summed E-state index contributed by atoms with van der Waals surface area (Å²) in [4.78, 5) is 0. The molecule has 13 heavy (non-hydrogen) atoms. The molecule has 0 aromatic carbocycles. The summed E-state index contributed by atoms with van der Waals surface area (Å²) in [6, 6.07) is 0. The SMILES string of the molecule is C=CC(F)(F)/C=C\CCCCCC. The minimum absolute atomic E-state index is 0.662. The van der Waals surface area contributed by atoms with Gasteiger partial charge in [-0.25, -0.2) is 0 Å². The molecule has 0 rings (SSSR count). The molecule has 0 aliphatic rings. The van der Waals surface area contributed by atoms with Gasteiger partial charge in [-0.3, -0.25) is 0 Å². The number of hydrogen-bond acceptors (Lipinski definition) is 0. The van der Waals surface area contributed by atoms with Crippen LogP contribution in [0.1, 0.15) is 39.0 Å². The van der Waals surface area contributed by atoms with Crippen molar-refractivity contribution in [3.63, 3.8) is 0 Å². The van der Waals surface area contributed by atoms with Gasteiger partial charge in [0.05, 0.1) is 0 Å². The Bertz CT molecular complexity index is 159. The predicted octanol–water partition coefficient (Wildman–Crippen LogP) is 4.33. The van der Waals surface area contributed by atoms with Crippen LogP contribution in [0.15, 0.2) is 24.8 Å². The Morgan fingerprint density at radius 1 is 1.23 bits per heavy atom. The fourth-order valence-corrected chi connectivity index (χ4v) is 0.997. The zero-order chi connectivity index (χ0) is 10.2. The highest BCUT2D eigenvalue weighted by atomic mass is 19.3. The van der Waals surface area contributed by atoms with Crippen LogP contribution in [0.2, 0.25) is 0 Å². The summed E-state index contributed by atoms with van der Waals surface area (Å²) in [5, 5.41) is 0. The van der Waals surface area contributed by atoms with Crippen LogP contribution < -0.4 is 0 Å². The van der Waals surface area contributed by atoms with E-state index in [0.717, 1.165) is 25.3 Å².